The van der Waals surface area contributed by atoms with Gasteiger partial charge in [-0.1, -0.05) is 37.0 Å². The highest BCUT2D eigenvalue weighted by molar-refractivity contribution is 6.35. The van der Waals surface area contributed by atoms with Gasteiger partial charge in [-0.15, -0.1) is 0 Å². The van der Waals surface area contributed by atoms with Gasteiger partial charge in [-0.2, -0.15) is 0 Å². The van der Waals surface area contributed by atoms with Gasteiger partial charge in [0.05, 0.1) is 22.6 Å². The maximum Gasteiger partial charge on any atom is 0.222 e. The number of pyridine rings is 1. The van der Waals surface area contributed by atoms with Gasteiger partial charge in [0.1, 0.15) is 5.82 Å². The van der Waals surface area contributed by atoms with Crippen LogP contribution in [-0.4, -0.2) is 35.2 Å². The minimum absolute atomic E-state index is 0.0657. The molecule has 0 aromatic carbocycles. The molecule has 7 heteroatoms. The molecule has 0 aliphatic heterocycles. The first-order valence-electron chi connectivity index (χ1n) is 6.40. The molecule has 0 saturated carbocycles. The topological polar surface area (TPSA) is 74.2 Å². The molecule has 1 atom stereocenters. The summed E-state index contributed by atoms with van der Waals surface area (Å²) >= 11 is 11.7. The highest BCUT2D eigenvalue weighted by Gasteiger charge is 2.13. The van der Waals surface area contributed by atoms with Crippen molar-refractivity contribution in [2.24, 2.45) is 5.92 Å². The molecule has 0 aliphatic rings. The summed E-state index contributed by atoms with van der Waals surface area (Å²) in [4.78, 5) is 15.6. The van der Waals surface area contributed by atoms with Crippen molar-refractivity contribution in [2.75, 3.05) is 18.4 Å². The molecule has 1 amide bonds. The summed E-state index contributed by atoms with van der Waals surface area (Å²) in [5.74, 6) is 0.409. The average molecular weight is 320 g/mol. The Balaban J connectivity index is 2.26. The fourth-order valence-corrected chi connectivity index (χ4v) is 1.87. The number of nitrogens with zero attached hydrogens (tertiary/aromatic N) is 1. The number of amides is 1. The Labute approximate surface area is 128 Å². The van der Waals surface area contributed by atoms with Gasteiger partial charge in [0.15, 0.2) is 0 Å². The number of halogens is 2. The predicted octanol–water partition coefficient (Wildman–Crippen LogP) is 2.32. The summed E-state index contributed by atoms with van der Waals surface area (Å²) in [7, 11) is 0. The number of aliphatic hydroxyl groups is 1. The lowest BCUT2D eigenvalue weighted by Gasteiger charge is -2.14. The van der Waals surface area contributed by atoms with Crippen LogP contribution in [0.15, 0.2) is 12.3 Å². The summed E-state index contributed by atoms with van der Waals surface area (Å²) in [6.07, 6.45) is 0.987. The van der Waals surface area contributed by atoms with E-state index in [0.29, 0.717) is 29.0 Å². The van der Waals surface area contributed by atoms with Crippen LogP contribution in [0.4, 0.5) is 5.82 Å². The highest BCUT2D eigenvalue weighted by atomic mass is 35.5. The Hall–Kier alpha value is -1.04. The van der Waals surface area contributed by atoms with Crippen molar-refractivity contribution in [1.29, 1.82) is 0 Å². The Morgan fingerprint density at radius 3 is 2.70 bits per heavy atom. The molecule has 0 spiro atoms. The van der Waals surface area contributed by atoms with Gasteiger partial charge in [0.25, 0.3) is 0 Å². The lowest BCUT2D eigenvalue weighted by atomic mass is 10.0. The summed E-state index contributed by atoms with van der Waals surface area (Å²) in [6.45, 7) is 4.64. The van der Waals surface area contributed by atoms with Gasteiger partial charge in [0, 0.05) is 19.3 Å². The third kappa shape index (κ3) is 5.94. The zero-order chi connectivity index (χ0) is 15.1. The standard InChI is InChI=1S/C13H19Cl2N3O2/c1-8(2)11(19)6-12(20)16-3-4-17-13-10(15)5-9(14)7-18-13/h5,7-8,11,19H,3-4,6H2,1-2H3,(H,16,20)(H,17,18). The van der Waals surface area contributed by atoms with Crippen LogP contribution in [0.2, 0.25) is 10.0 Å². The Morgan fingerprint density at radius 2 is 2.10 bits per heavy atom. The van der Waals surface area contributed by atoms with Crippen LogP contribution in [-0.2, 0) is 4.79 Å². The van der Waals surface area contributed by atoms with Crippen LogP contribution in [0, 0.1) is 5.92 Å². The number of hydrogen-bond donors (Lipinski definition) is 3. The molecular formula is C13H19Cl2N3O2. The highest BCUT2D eigenvalue weighted by Crippen LogP contribution is 2.21. The molecule has 112 valence electrons. The van der Waals surface area contributed by atoms with Crippen LogP contribution in [0.3, 0.4) is 0 Å². The third-order valence-electron chi connectivity index (χ3n) is 2.71. The number of rotatable bonds is 7. The predicted molar refractivity (Wildman–Crippen MR) is 81.2 cm³/mol. The average Bonchev–Trinajstić information content (AvgIpc) is 2.36. The van der Waals surface area contributed by atoms with Crippen molar-refractivity contribution in [3.8, 4) is 0 Å². The summed E-state index contributed by atoms with van der Waals surface area (Å²) < 4.78 is 0. The normalized spacial score (nSPS) is 12.3. The number of anilines is 1. The first kappa shape index (κ1) is 17.0. The summed E-state index contributed by atoms with van der Waals surface area (Å²) in [6, 6.07) is 1.59. The number of hydrogen-bond acceptors (Lipinski definition) is 4. The maximum atomic E-state index is 11.5. The first-order valence-corrected chi connectivity index (χ1v) is 7.15. The summed E-state index contributed by atoms with van der Waals surface area (Å²) in [5, 5.41) is 16.2. The molecule has 20 heavy (non-hydrogen) atoms. The molecule has 5 nitrogen and oxygen atoms in total. The molecule has 1 unspecified atom stereocenters. The van der Waals surface area contributed by atoms with Gasteiger partial charge in [-0.3, -0.25) is 4.79 Å². The van der Waals surface area contributed by atoms with Crippen LogP contribution < -0.4 is 10.6 Å². The smallest absolute Gasteiger partial charge is 0.222 e. The van der Waals surface area contributed by atoms with Crippen molar-refractivity contribution >= 4 is 34.9 Å². The second-order valence-corrected chi connectivity index (χ2v) is 5.62. The number of carbonyl (C=O) groups excluding carboxylic acids is 1. The number of nitrogens with one attached hydrogen (secondary N) is 2. The van der Waals surface area contributed by atoms with E-state index in [1.807, 2.05) is 13.8 Å². The first-order chi connectivity index (χ1) is 9.40. The maximum absolute atomic E-state index is 11.5. The quantitative estimate of drug-likeness (QED) is 0.674. The van der Waals surface area contributed by atoms with Crippen molar-refractivity contribution in [3.05, 3.63) is 22.3 Å². The van der Waals surface area contributed by atoms with E-state index < -0.39 is 6.10 Å². The molecule has 0 saturated heterocycles. The lowest BCUT2D eigenvalue weighted by molar-refractivity contribution is -0.123. The summed E-state index contributed by atoms with van der Waals surface area (Å²) in [5.41, 5.74) is 0. The molecule has 0 radical (unpaired) electrons. The van der Waals surface area contributed by atoms with E-state index in [2.05, 4.69) is 15.6 Å². The van der Waals surface area contributed by atoms with E-state index in [-0.39, 0.29) is 18.2 Å². The van der Waals surface area contributed by atoms with Crippen LogP contribution in [0.25, 0.3) is 0 Å². The molecule has 3 N–H and O–H groups in total. The fraction of sp³-hybridized carbons (Fsp3) is 0.538. The van der Waals surface area contributed by atoms with Crippen molar-refractivity contribution in [1.82, 2.24) is 10.3 Å². The van der Waals surface area contributed by atoms with Crippen LogP contribution in [0.5, 0.6) is 0 Å². The second-order valence-electron chi connectivity index (χ2n) is 4.78. The van der Waals surface area contributed by atoms with Crippen molar-refractivity contribution in [3.63, 3.8) is 0 Å². The van der Waals surface area contributed by atoms with E-state index in [0.717, 1.165) is 0 Å². The van der Waals surface area contributed by atoms with Gasteiger partial charge < -0.3 is 15.7 Å². The molecule has 1 aromatic heterocycles. The van der Waals surface area contributed by atoms with E-state index >= 15 is 0 Å². The van der Waals surface area contributed by atoms with E-state index in [4.69, 9.17) is 23.2 Å². The Morgan fingerprint density at radius 1 is 1.40 bits per heavy atom. The molecule has 0 bridgehead atoms. The number of carbonyl (C=O) groups is 1. The van der Waals surface area contributed by atoms with Gasteiger partial charge >= 0.3 is 0 Å². The molecule has 0 fully saturated rings. The molecule has 1 rings (SSSR count). The molecule has 0 aliphatic carbocycles. The van der Waals surface area contributed by atoms with E-state index in [1.54, 1.807) is 6.07 Å². The van der Waals surface area contributed by atoms with Gasteiger partial charge in [-0.25, -0.2) is 4.98 Å². The molecular weight excluding hydrogens is 301 g/mol. The van der Waals surface area contributed by atoms with Crippen molar-refractivity contribution in [2.45, 2.75) is 26.4 Å². The monoisotopic (exact) mass is 319 g/mol. The molecule has 1 aromatic rings. The fourth-order valence-electron chi connectivity index (χ4n) is 1.43. The number of aliphatic hydroxyl groups excluding tert-OH is 1. The zero-order valence-corrected chi connectivity index (χ0v) is 13.0. The second kappa shape index (κ2) is 8.29. The van der Waals surface area contributed by atoms with Crippen molar-refractivity contribution < 1.29 is 9.90 Å². The largest absolute Gasteiger partial charge is 0.392 e. The van der Waals surface area contributed by atoms with E-state index in [1.165, 1.54) is 6.20 Å². The SMILES string of the molecule is CC(C)C(O)CC(=O)NCCNc1ncc(Cl)cc1Cl. The Bertz CT molecular complexity index is 455. The molecule has 1 heterocycles. The van der Waals surface area contributed by atoms with Gasteiger partial charge in [-0.05, 0) is 12.0 Å². The Kier molecular flexibility index (Phi) is 7.05. The van der Waals surface area contributed by atoms with Crippen LogP contribution in [0.1, 0.15) is 20.3 Å². The minimum atomic E-state index is -0.615. The lowest BCUT2D eigenvalue weighted by Crippen LogP contribution is -2.32. The zero-order valence-electron chi connectivity index (χ0n) is 11.5. The minimum Gasteiger partial charge on any atom is -0.392 e. The number of aromatic nitrogens is 1. The van der Waals surface area contributed by atoms with E-state index in [9.17, 15) is 9.90 Å². The third-order valence-corrected chi connectivity index (χ3v) is 3.21. The van der Waals surface area contributed by atoms with Crippen LogP contribution >= 0.6 is 23.2 Å². The van der Waals surface area contributed by atoms with Gasteiger partial charge in [0.2, 0.25) is 5.91 Å².